The fourth-order valence-electron chi connectivity index (χ4n) is 3.61. The van der Waals surface area contributed by atoms with Crippen molar-refractivity contribution in [2.24, 2.45) is 0 Å². The summed E-state index contributed by atoms with van der Waals surface area (Å²) >= 11 is 0. The molecule has 1 saturated heterocycles. The molecule has 1 atom stereocenters. The summed E-state index contributed by atoms with van der Waals surface area (Å²) < 4.78 is 10.8. The Morgan fingerprint density at radius 1 is 1.29 bits per heavy atom. The fourth-order valence-corrected chi connectivity index (χ4v) is 3.61. The predicted molar refractivity (Wildman–Crippen MR) is 109 cm³/mol. The molecular weight excluding hydrogens is 358 g/mol. The Hall–Kier alpha value is -2.77. The molecule has 1 unspecified atom stereocenters. The first-order valence-corrected chi connectivity index (χ1v) is 9.71. The lowest BCUT2D eigenvalue weighted by atomic mass is 10.0. The van der Waals surface area contributed by atoms with Gasteiger partial charge in [0.15, 0.2) is 11.5 Å². The highest BCUT2D eigenvalue weighted by molar-refractivity contribution is 5.92. The predicted octanol–water partition coefficient (Wildman–Crippen LogP) is 2.67. The molecule has 0 spiro atoms. The van der Waals surface area contributed by atoms with Crippen molar-refractivity contribution in [2.75, 3.05) is 45.8 Å². The highest BCUT2D eigenvalue weighted by Crippen LogP contribution is 2.35. The van der Waals surface area contributed by atoms with E-state index in [-0.39, 0.29) is 12.1 Å². The van der Waals surface area contributed by atoms with Crippen molar-refractivity contribution in [1.29, 1.82) is 0 Å². The van der Waals surface area contributed by atoms with Gasteiger partial charge in [-0.2, -0.15) is 0 Å². The minimum absolute atomic E-state index is 0.0207. The van der Waals surface area contributed by atoms with Crippen LogP contribution >= 0.6 is 0 Å². The number of benzene rings is 1. The maximum Gasteiger partial charge on any atom is 0.317 e. The number of likely N-dealkylation sites (N-methyl/N-ethyl adjacent to an activating group) is 1. The number of carbonyl (C=O) groups is 1. The Balaban J connectivity index is 1.86. The number of ether oxygens (including phenoxy) is 2. The molecule has 0 bridgehead atoms. The fraction of sp³-hybridized carbons (Fsp3) is 0.550. The second-order valence-corrected chi connectivity index (χ2v) is 7.01. The molecule has 1 fully saturated rings. The van der Waals surface area contributed by atoms with Crippen LogP contribution in [0.1, 0.15) is 26.2 Å². The lowest BCUT2D eigenvalue weighted by Gasteiger charge is -2.38. The average Bonchev–Trinajstić information content (AvgIpc) is 2.75. The van der Waals surface area contributed by atoms with Gasteiger partial charge in [-0.05, 0) is 25.3 Å². The summed E-state index contributed by atoms with van der Waals surface area (Å²) in [6, 6.07) is 3.90. The molecule has 3 rings (SSSR count). The number of carbonyl (C=O) groups excluding carboxylic acids is 1. The highest BCUT2D eigenvalue weighted by atomic mass is 16.5. The summed E-state index contributed by atoms with van der Waals surface area (Å²) in [5, 5.41) is 3.87. The number of hydrogen-bond acceptors (Lipinski definition) is 6. The van der Waals surface area contributed by atoms with E-state index in [4.69, 9.17) is 9.47 Å². The molecule has 1 aromatic heterocycles. The number of methoxy groups -OCH3 is 2. The van der Waals surface area contributed by atoms with Crippen molar-refractivity contribution < 1.29 is 14.3 Å². The first-order chi connectivity index (χ1) is 13.6. The van der Waals surface area contributed by atoms with E-state index in [1.165, 1.54) is 0 Å². The van der Waals surface area contributed by atoms with Gasteiger partial charge >= 0.3 is 6.03 Å². The number of fused-ring (bicyclic) bond motifs is 1. The van der Waals surface area contributed by atoms with Crippen LogP contribution in [-0.4, -0.2) is 67.8 Å². The highest BCUT2D eigenvalue weighted by Gasteiger charge is 2.28. The number of hydrogen-bond donors (Lipinski definition) is 1. The largest absolute Gasteiger partial charge is 0.493 e. The van der Waals surface area contributed by atoms with Gasteiger partial charge in [-0.1, -0.05) is 6.92 Å². The lowest BCUT2D eigenvalue weighted by Crippen LogP contribution is -2.51. The van der Waals surface area contributed by atoms with Crippen LogP contribution in [0.3, 0.4) is 0 Å². The van der Waals surface area contributed by atoms with Crippen molar-refractivity contribution in [2.45, 2.75) is 32.2 Å². The van der Waals surface area contributed by atoms with Crippen molar-refractivity contribution in [1.82, 2.24) is 20.2 Å². The summed E-state index contributed by atoms with van der Waals surface area (Å²) in [5.41, 5.74) is 0.804. The molecule has 2 aromatic rings. The van der Waals surface area contributed by atoms with Gasteiger partial charge in [-0.15, -0.1) is 0 Å². The number of nitrogens with zero attached hydrogens (tertiary/aromatic N) is 4. The molecule has 0 saturated carbocycles. The summed E-state index contributed by atoms with van der Waals surface area (Å²) in [7, 11) is 5.10. The first kappa shape index (κ1) is 20.0. The third kappa shape index (κ3) is 4.05. The number of nitrogens with one attached hydrogen (secondary N) is 1. The van der Waals surface area contributed by atoms with E-state index in [2.05, 4.69) is 20.2 Å². The zero-order chi connectivity index (χ0) is 20.1. The van der Waals surface area contributed by atoms with Crippen LogP contribution in [0, 0.1) is 0 Å². The Kier molecular flexibility index (Phi) is 6.38. The van der Waals surface area contributed by atoms with Gasteiger partial charge in [0.25, 0.3) is 0 Å². The third-order valence-corrected chi connectivity index (χ3v) is 5.21. The molecule has 8 heteroatoms. The van der Waals surface area contributed by atoms with Crippen LogP contribution < -0.4 is 19.7 Å². The molecular formula is C20H29N5O3. The van der Waals surface area contributed by atoms with Gasteiger partial charge in [0.2, 0.25) is 0 Å². The topological polar surface area (TPSA) is 79.8 Å². The van der Waals surface area contributed by atoms with Gasteiger partial charge in [-0.3, -0.25) is 0 Å². The maximum absolute atomic E-state index is 12.4. The second kappa shape index (κ2) is 8.95. The van der Waals surface area contributed by atoms with Gasteiger partial charge in [0, 0.05) is 38.1 Å². The molecule has 1 N–H and O–H groups in total. The lowest BCUT2D eigenvalue weighted by molar-refractivity contribution is 0.182. The van der Waals surface area contributed by atoms with Crippen LogP contribution in [0.15, 0.2) is 18.5 Å². The Bertz CT molecular complexity index is 829. The van der Waals surface area contributed by atoms with E-state index < -0.39 is 0 Å². The number of urea groups is 1. The van der Waals surface area contributed by atoms with E-state index in [1.807, 2.05) is 31.0 Å². The molecule has 1 aromatic carbocycles. The van der Waals surface area contributed by atoms with Crippen molar-refractivity contribution >= 4 is 22.8 Å². The van der Waals surface area contributed by atoms with Crippen LogP contribution in [0.5, 0.6) is 11.5 Å². The zero-order valence-electron chi connectivity index (χ0n) is 17.1. The quantitative estimate of drug-likeness (QED) is 0.821. The van der Waals surface area contributed by atoms with Gasteiger partial charge < -0.3 is 24.6 Å². The molecule has 2 amide bonds. The second-order valence-electron chi connectivity index (χ2n) is 7.01. The van der Waals surface area contributed by atoms with Crippen LogP contribution in [0.25, 0.3) is 10.9 Å². The van der Waals surface area contributed by atoms with Crippen LogP contribution in [0.2, 0.25) is 0 Å². The van der Waals surface area contributed by atoms with Gasteiger partial charge in [0.05, 0.1) is 25.8 Å². The number of rotatable bonds is 6. The Morgan fingerprint density at radius 3 is 2.75 bits per heavy atom. The standard InChI is InChI=1S/C20H29N5O3/c1-5-8-21-20(26)24(2)14-7-6-9-25(12-14)19-15-10-17(27-3)18(28-4)11-16(15)22-13-23-19/h10-11,13-14H,5-9,12H2,1-4H3,(H,21,26). The molecule has 152 valence electrons. The number of anilines is 1. The SMILES string of the molecule is CCCNC(=O)N(C)C1CCCN(c2ncnc3cc(OC)c(OC)cc23)C1. The summed E-state index contributed by atoms with van der Waals surface area (Å²) in [6.07, 6.45) is 4.47. The summed E-state index contributed by atoms with van der Waals surface area (Å²) in [4.78, 5) is 25.3. The average molecular weight is 387 g/mol. The number of piperidine rings is 1. The normalized spacial score (nSPS) is 16.7. The molecule has 8 nitrogen and oxygen atoms in total. The molecule has 28 heavy (non-hydrogen) atoms. The third-order valence-electron chi connectivity index (χ3n) is 5.21. The van der Waals surface area contributed by atoms with Crippen molar-refractivity contribution in [3.05, 3.63) is 18.5 Å². The van der Waals surface area contributed by atoms with E-state index in [0.717, 1.165) is 49.1 Å². The monoisotopic (exact) mass is 387 g/mol. The van der Waals surface area contributed by atoms with Crippen LogP contribution in [0.4, 0.5) is 10.6 Å². The summed E-state index contributed by atoms with van der Waals surface area (Å²) in [6.45, 7) is 4.36. The van der Waals surface area contributed by atoms with E-state index in [1.54, 1.807) is 20.5 Å². The van der Waals surface area contributed by atoms with Gasteiger partial charge in [-0.25, -0.2) is 14.8 Å². The molecule has 1 aliphatic heterocycles. The minimum atomic E-state index is -0.0207. The molecule has 0 aliphatic carbocycles. The Morgan fingerprint density at radius 2 is 2.04 bits per heavy atom. The molecule has 1 aliphatic rings. The number of aromatic nitrogens is 2. The van der Waals surface area contributed by atoms with E-state index >= 15 is 0 Å². The molecule has 2 heterocycles. The van der Waals surface area contributed by atoms with Crippen molar-refractivity contribution in [3.63, 3.8) is 0 Å². The zero-order valence-corrected chi connectivity index (χ0v) is 17.1. The Labute approximate surface area is 165 Å². The van der Waals surface area contributed by atoms with Crippen LogP contribution in [-0.2, 0) is 0 Å². The van der Waals surface area contributed by atoms with E-state index in [9.17, 15) is 4.79 Å². The maximum atomic E-state index is 12.4. The first-order valence-electron chi connectivity index (χ1n) is 9.71. The summed E-state index contributed by atoms with van der Waals surface area (Å²) in [5.74, 6) is 2.15. The number of amides is 2. The minimum Gasteiger partial charge on any atom is -0.493 e. The van der Waals surface area contributed by atoms with Gasteiger partial charge in [0.1, 0.15) is 12.1 Å². The smallest absolute Gasteiger partial charge is 0.317 e. The molecule has 0 radical (unpaired) electrons. The van der Waals surface area contributed by atoms with Crippen molar-refractivity contribution in [3.8, 4) is 11.5 Å². The van der Waals surface area contributed by atoms with E-state index in [0.29, 0.717) is 18.0 Å².